The van der Waals surface area contributed by atoms with Gasteiger partial charge in [-0.1, -0.05) is 23.7 Å². The van der Waals surface area contributed by atoms with Crippen LogP contribution in [0.2, 0.25) is 5.02 Å². The van der Waals surface area contributed by atoms with E-state index in [1.165, 1.54) is 0 Å². The largest absolute Gasteiger partial charge is 0.348 e. The third-order valence-electron chi connectivity index (χ3n) is 3.77. The number of benzene rings is 2. The lowest BCUT2D eigenvalue weighted by Gasteiger charge is -2.09. The van der Waals surface area contributed by atoms with Crippen molar-refractivity contribution in [3.05, 3.63) is 62.2 Å². The van der Waals surface area contributed by atoms with E-state index in [4.69, 9.17) is 11.6 Å². The number of carbonyl (C=O) groups excluding carboxylic acids is 2. The van der Waals surface area contributed by atoms with E-state index in [0.717, 1.165) is 27.7 Å². The van der Waals surface area contributed by atoms with Gasteiger partial charge in [-0.15, -0.1) is 0 Å². The molecular weight excluding hydrogens is 439 g/mol. The second-order valence-corrected chi connectivity index (χ2v) is 7.37. The van der Waals surface area contributed by atoms with E-state index >= 15 is 0 Å². The molecule has 2 N–H and O–H groups in total. The standard InChI is InChI=1S/C18H16ClIN2O2/c19-13-6-7-15(16(20)9-13)18(24)21-10-11-2-1-3-14(8-11)22-17(23)12-4-5-12/h1-3,6-9,12H,4-5,10H2,(H,21,24)(H,22,23). The second kappa shape index (κ2) is 7.53. The van der Waals surface area contributed by atoms with Gasteiger partial charge >= 0.3 is 0 Å². The van der Waals surface area contributed by atoms with Gasteiger partial charge in [-0.05, 0) is 71.3 Å². The Morgan fingerprint density at radius 3 is 2.67 bits per heavy atom. The molecule has 0 radical (unpaired) electrons. The van der Waals surface area contributed by atoms with Gasteiger partial charge in [-0.2, -0.15) is 0 Å². The topological polar surface area (TPSA) is 58.2 Å². The quantitative estimate of drug-likeness (QED) is 0.665. The van der Waals surface area contributed by atoms with Crippen molar-refractivity contribution < 1.29 is 9.59 Å². The molecule has 1 aliphatic carbocycles. The average Bonchev–Trinajstić information content (AvgIpc) is 3.38. The molecule has 1 fully saturated rings. The Morgan fingerprint density at radius 2 is 1.96 bits per heavy atom. The van der Waals surface area contributed by atoms with Crippen LogP contribution in [-0.2, 0) is 11.3 Å². The molecule has 2 aromatic rings. The summed E-state index contributed by atoms with van der Waals surface area (Å²) in [5, 5.41) is 6.41. The molecule has 0 aromatic heterocycles. The lowest BCUT2D eigenvalue weighted by molar-refractivity contribution is -0.117. The first-order valence-electron chi connectivity index (χ1n) is 7.66. The normalized spacial score (nSPS) is 13.4. The van der Waals surface area contributed by atoms with Gasteiger partial charge in [-0.3, -0.25) is 9.59 Å². The number of hydrogen-bond donors (Lipinski definition) is 2. The average molecular weight is 455 g/mol. The fourth-order valence-electron chi connectivity index (χ4n) is 2.30. The summed E-state index contributed by atoms with van der Waals surface area (Å²) in [6, 6.07) is 12.7. The predicted octanol–water partition coefficient (Wildman–Crippen LogP) is 4.22. The predicted molar refractivity (Wildman–Crippen MR) is 103 cm³/mol. The van der Waals surface area contributed by atoms with Gasteiger partial charge in [-0.25, -0.2) is 0 Å². The van der Waals surface area contributed by atoms with E-state index in [0.29, 0.717) is 17.1 Å². The van der Waals surface area contributed by atoms with Crippen LogP contribution in [0.3, 0.4) is 0 Å². The molecule has 0 bridgehead atoms. The number of hydrogen-bond acceptors (Lipinski definition) is 2. The van der Waals surface area contributed by atoms with Gasteiger partial charge in [0.05, 0.1) is 5.56 Å². The molecule has 24 heavy (non-hydrogen) atoms. The molecule has 2 amide bonds. The SMILES string of the molecule is O=C(NCc1cccc(NC(=O)C2CC2)c1)c1ccc(Cl)cc1I. The van der Waals surface area contributed by atoms with Crippen LogP contribution in [0.15, 0.2) is 42.5 Å². The molecule has 4 nitrogen and oxygen atoms in total. The second-order valence-electron chi connectivity index (χ2n) is 5.77. The summed E-state index contributed by atoms with van der Waals surface area (Å²) in [6.07, 6.45) is 1.95. The first kappa shape index (κ1) is 17.2. The van der Waals surface area contributed by atoms with Crippen molar-refractivity contribution >= 4 is 51.7 Å². The maximum Gasteiger partial charge on any atom is 0.252 e. The maximum atomic E-state index is 12.3. The third kappa shape index (κ3) is 4.48. The van der Waals surface area contributed by atoms with E-state index in [1.54, 1.807) is 18.2 Å². The van der Waals surface area contributed by atoms with Crippen molar-refractivity contribution in [1.82, 2.24) is 5.32 Å². The Kier molecular flexibility index (Phi) is 5.40. The number of rotatable bonds is 5. The fourth-order valence-corrected chi connectivity index (χ4v) is 3.42. The van der Waals surface area contributed by atoms with Crippen molar-refractivity contribution in [3.8, 4) is 0 Å². The van der Waals surface area contributed by atoms with Crippen molar-refractivity contribution in [2.45, 2.75) is 19.4 Å². The highest BCUT2D eigenvalue weighted by Crippen LogP contribution is 2.30. The summed E-state index contributed by atoms with van der Waals surface area (Å²) in [7, 11) is 0. The van der Waals surface area contributed by atoms with Gasteiger partial charge in [0, 0.05) is 26.7 Å². The Morgan fingerprint density at radius 1 is 1.17 bits per heavy atom. The first-order chi connectivity index (χ1) is 11.5. The van der Waals surface area contributed by atoms with Crippen LogP contribution in [0.25, 0.3) is 0 Å². The number of carbonyl (C=O) groups is 2. The highest BCUT2D eigenvalue weighted by molar-refractivity contribution is 14.1. The molecule has 1 aliphatic rings. The zero-order valence-corrected chi connectivity index (χ0v) is 15.7. The summed E-state index contributed by atoms with van der Waals surface area (Å²) < 4.78 is 0.808. The summed E-state index contributed by atoms with van der Waals surface area (Å²) in [4.78, 5) is 24.1. The van der Waals surface area contributed by atoms with Crippen LogP contribution < -0.4 is 10.6 Å². The van der Waals surface area contributed by atoms with Crippen LogP contribution in [0.1, 0.15) is 28.8 Å². The van der Waals surface area contributed by atoms with Gasteiger partial charge < -0.3 is 10.6 Å². The lowest BCUT2D eigenvalue weighted by Crippen LogP contribution is -2.23. The molecule has 0 unspecified atom stereocenters. The molecule has 3 rings (SSSR count). The third-order valence-corrected chi connectivity index (χ3v) is 4.90. The number of nitrogens with one attached hydrogen (secondary N) is 2. The van der Waals surface area contributed by atoms with Crippen LogP contribution in [0.4, 0.5) is 5.69 Å². The van der Waals surface area contributed by atoms with Crippen LogP contribution in [-0.4, -0.2) is 11.8 Å². The molecule has 0 spiro atoms. The smallest absolute Gasteiger partial charge is 0.252 e. The van der Waals surface area contributed by atoms with Gasteiger partial charge in [0.2, 0.25) is 5.91 Å². The van der Waals surface area contributed by atoms with E-state index in [2.05, 4.69) is 33.2 Å². The number of anilines is 1. The minimum absolute atomic E-state index is 0.0758. The summed E-state index contributed by atoms with van der Waals surface area (Å²) in [6.45, 7) is 0.394. The van der Waals surface area contributed by atoms with E-state index in [1.807, 2.05) is 24.3 Å². The van der Waals surface area contributed by atoms with Crippen molar-refractivity contribution in [1.29, 1.82) is 0 Å². The van der Waals surface area contributed by atoms with E-state index < -0.39 is 0 Å². The number of amides is 2. The molecule has 6 heteroatoms. The molecule has 2 aromatic carbocycles. The Bertz CT molecular complexity index is 790. The van der Waals surface area contributed by atoms with Crippen LogP contribution >= 0.6 is 34.2 Å². The fraction of sp³-hybridized carbons (Fsp3) is 0.222. The zero-order valence-electron chi connectivity index (χ0n) is 12.8. The summed E-state index contributed by atoms with van der Waals surface area (Å²) in [5.74, 6) is 0.0933. The van der Waals surface area contributed by atoms with Gasteiger partial charge in [0.25, 0.3) is 5.91 Å². The monoisotopic (exact) mass is 454 g/mol. The molecule has 1 saturated carbocycles. The van der Waals surface area contributed by atoms with Crippen molar-refractivity contribution in [2.75, 3.05) is 5.32 Å². The lowest BCUT2D eigenvalue weighted by atomic mass is 10.1. The molecule has 0 heterocycles. The molecular formula is C18H16ClIN2O2. The minimum Gasteiger partial charge on any atom is -0.348 e. The highest BCUT2D eigenvalue weighted by atomic mass is 127. The molecule has 0 saturated heterocycles. The first-order valence-corrected chi connectivity index (χ1v) is 9.11. The summed E-state index contributed by atoms with van der Waals surface area (Å²) in [5.41, 5.74) is 2.29. The Balaban J connectivity index is 1.61. The Labute approximate surface area is 159 Å². The van der Waals surface area contributed by atoms with E-state index in [-0.39, 0.29) is 17.7 Å². The highest BCUT2D eigenvalue weighted by Gasteiger charge is 2.29. The van der Waals surface area contributed by atoms with Crippen molar-refractivity contribution in [2.24, 2.45) is 5.92 Å². The maximum absolute atomic E-state index is 12.3. The molecule has 0 atom stereocenters. The van der Waals surface area contributed by atoms with Crippen LogP contribution in [0.5, 0.6) is 0 Å². The number of halogens is 2. The van der Waals surface area contributed by atoms with Crippen LogP contribution in [0, 0.1) is 9.49 Å². The minimum atomic E-state index is -0.150. The molecule has 0 aliphatic heterocycles. The van der Waals surface area contributed by atoms with Gasteiger partial charge in [0.15, 0.2) is 0 Å². The van der Waals surface area contributed by atoms with Gasteiger partial charge in [0.1, 0.15) is 0 Å². The Hall–Kier alpha value is -1.60. The zero-order chi connectivity index (χ0) is 17.1. The molecule has 124 valence electrons. The van der Waals surface area contributed by atoms with E-state index in [9.17, 15) is 9.59 Å². The van der Waals surface area contributed by atoms with Crippen molar-refractivity contribution in [3.63, 3.8) is 0 Å². The summed E-state index contributed by atoms with van der Waals surface area (Å²) >= 11 is 8.00.